The van der Waals surface area contributed by atoms with Crippen molar-refractivity contribution in [3.63, 3.8) is 0 Å². The van der Waals surface area contributed by atoms with Gasteiger partial charge in [-0.25, -0.2) is 4.98 Å². The third-order valence-corrected chi connectivity index (χ3v) is 5.16. The highest BCUT2D eigenvalue weighted by atomic mass is 16.5. The van der Waals surface area contributed by atoms with Gasteiger partial charge in [0.25, 0.3) is 0 Å². The van der Waals surface area contributed by atoms with E-state index >= 15 is 0 Å². The van der Waals surface area contributed by atoms with Gasteiger partial charge in [-0.1, -0.05) is 18.2 Å². The fourth-order valence-corrected chi connectivity index (χ4v) is 3.49. The first-order valence-corrected chi connectivity index (χ1v) is 10.2. The average Bonchev–Trinajstić information content (AvgIpc) is 3.32. The van der Waals surface area contributed by atoms with Crippen molar-refractivity contribution in [3.8, 4) is 23.0 Å². The van der Waals surface area contributed by atoms with Crippen LogP contribution in [0.25, 0.3) is 11.5 Å². The lowest BCUT2D eigenvalue weighted by Crippen LogP contribution is -2.06. The summed E-state index contributed by atoms with van der Waals surface area (Å²) < 4.78 is 17.6. The Balaban J connectivity index is 1.51. The summed E-state index contributed by atoms with van der Waals surface area (Å²) in [5, 5.41) is 8.81. The number of carboxylic acid groups (broad SMARTS) is 1. The Morgan fingerprint density at radius 3 is 2.68 bits per heavy atom. The molecule has 7 heteroatoms. The zero-order valence-electron chi connectivity index (χ0n) is 17.2. The van der Waals surface area contributed by atoms with Gasteiger partial charge < -0.3 is 19.0 Å². The predicted octanol–water partition coefficient (Wildman–Crippen LogP) is 4.60. The molecule has 0 atom stereocenters. The Labute approximate surface area is 179 Å². The number of nitrogens with zero attached hydrogens (tertiary/aromatic N) is 1. The van der Waals surface area contributed by atoms with Crippen molar-refractivity contribution in [1.82, 2.24) is 4.98 Å². The van der Waals surface area contributed by atoms with Crippen LogP contribution in [0.5, 0.6) is 11.5 Å². The number of carboxylic acids is 1. The van der Waals surface area contributed by atoms with Crippen LogP contribution in [-0.4, -0.2) is 28.4 Å². The molecule has 1 aliphatic rings. The molecule has 0 radical (unpaired) electrons. The first-order valence-electron chi connectivity index (χ1n) is 10.2. The fourth-order valence-electron chi connectivity index (χ4n) is 3.49. The summed E-state index contributed by atoms with van der Waals surface area (Å²) in [5.74, 6) is 1.34. The number of aromatic nitrogens is 1. The molecule has 2 aromatic carbocycles. The van der Waals surface area contributed by atoms with Gasteiger partial charge in [-0.3, -0.25) is 9.59 Å². The van der Waals surface area contributed by atoms with Gasteiger partial charge in [-0.05, 0) is 49.6 Å². The number of benzene rings is 2. The van der Waals surface area contributed by atoms with Crippen molar-refractivity contribution in [2.45, 2.75) is 39.2 Å². The normalized spacial score (nSPS) is 12.6. The Morgan fingerprint density at radius 2 is 1.90 bits per heavy atom. The average molecular weight is 421 g/mol. The Bertz CT molecular complexity index is 1100. The van der Waals surface area contributed by atoms with Gasteiger partial charge in [0.15, 0.2) is 17.3 Å². The summed E-state index contributed by atoms with van der Waals surface area (Å²) in [6.07, 6.45) is 1.52. The van der Waals surface area contributed by atoms with E-state index in [0.717, 1.165) is 11.1 Å². The molecular weight excluding hydrogens is 398 g/mol. The molecule has 3 aromatic rings. The molecule has 0 spiro atoms. The summed E-state index contributed by atoms with van der Waals surface area (Å²) in [6, 6.07) is 13.2. The molecule has 0 unspecified atom stereocenters. The maximum atomic E-state index is 12.1. The topological polar surface area (TPSA) is 98.9 Å². The number of Topliss-reactive ketones (excluding diaryl/α,β-unsaturated/α-hetero) is 1. The molecule has 1 aliphatic carbocycles. The molecule has 160 valence electrons. The molecule has 0 fully saturated rings. The van der Waals surface area contributed by atoms with Crippen molar-refractivity contribution in [3.05, 3.63) is 65.0 Å². The van der Waals surface area contributed by atoms with Crippen molar-refractivity contribution in [2.75, 3.05) is 6.61 Å². The number of aliphatic carboxylic acids is 1. The summed E-state index contributed by atoms with van der Waals surface area (Å²) >= 11 is 0. The number of rotatable bonds is 9. The first-order chi connectivity index (χ1) is 15.0. The molecule has 0 amide bonds. The van der Waals surface area contributed by atoms with Crippen molar-refractivity contribution in [1.29, 1.82) is 0 Å². The zero-order valence-corrected chi connectivity index (χ0v) is 17.2. The largest absolute Gasteiger partial charge is 0.490 e. The van der Waals surface area contributed by atoms with Gasteiger partial charge in [0.1, 0.15) is 18.1 Å². The molecule has 1 N–H and O–H groups in total. The Morgan fingerprint density at radius 1 is 1.13 bits per heavy atom. The number of carbonyl (C=O) groups excluding carboxylic acids is 1. The first kappa shape index (κ1) is 20.7. The van der Waals surface area contributed by atoms with Crippen LogP contribution in [0.2, 0.25) is 0 Å². The van der Waals surface area contributed by atoms with Crippen LogP contribution in [0, 0.1) is 6.92 Å². The number of hydrogen-bond donors (Lipinski definition) is 1. The number of ketones is 1. The van der Waals surface area contributed by atoms with E-state index in [2.05, 4.69) is 4.98 Å². The predicted molar refractivity (Wildman–Crippen MR) is 112 cm³/mol. The molecule has 1 aromatic heterocycles. The second-order valence-corrected chi connectivity index (χ2v) is 7.40. The van der Waals surface area contributed by atoms with E-state index < -0.39 is 5.97 Å². The zero-order chi connectivity index (χ0) is 21.8. The van der Waals surface area contributed by atoms with Gasteiger partial charge in [-0.2, -0.15) is 0 Å². The van der Waals surface area contributed by atoms with Crippen LogP contribution in [0.15, 0.2) is 46.9 Å². The van der Waals surface area contributed by atoms with Crippen LogP contribution < -0.4 is 9.47 Å². The standard InChI is InChI=1S/C24H23NO6/c1-15-19(25-24(31-15)16-6-3-2-4-7-16)14-30-21-12-17-9-10-20(26)18(17)13-22(21)29-11-5-8-23(27)28/h2-4,6-7,12-13H,5,8-11,14H2,1H3,(H,27,28). The third kappa shape index (κ3) is 4.77. The van der Waals surface area contributed by atoms with E-state index in [1.807, 2.05) is 43.3 Å². The van der Waals surface area contributed by atoms with Crippen LogP contribution in [-0.2, 0) is 17.8 Å². The lowest BCUT2D eigenvalue weighted by molar-refractivity contribution is -0.137. The minimum Gasteiger partial charge on any atom is -0.490 e. The molecule has 0 aliphatic heterocycles. The van der Waals surface area contributed by atoms with Crippen molar-refractivity contribution >= 4 is 11.8 Å². The number of carbonyl (C=O) groups is 2. The van der Waals surface area contributed by atoms with Crippen LogP contribution in [0.4, 0.5) is 0 Å². The van der Waals surface area contributed by atoms with Gasteiger partial charge in [0, 0.05) is 24.0 Å². The van der Waals surface area contributed by atoms with Gasteiger partial charge >= 0.3 is 5.97 Å². The second-order valence-electron chi connectivity index (χ2n) is 7.40. The van der Waals surface area contributed by atoms with Gasteiger partial charge in [0.2, 0.25) is 5.89 Å². The minimum atomic E-state index is -0.875. The quantitative estimate of drug-likeness (QED) is 0.504. The summed E-state index contributed by atoms with van der Waals surface area (Å²) in [5.41, 5.74) is 3.13. The highest BCUT2D eigenvalue weighted by Gasteiger charge is 2.23. The number of oxazole rings is 1. The molecule has 0 saturated carbocycles. The van der Waals surface area contributed by atoms with Gasteiger partial charge in [-0.15, -0.1) is 0 Å². The van der Waals surface area contributed by atoms with Gasteiger partial charge in [0.05, 0.1) is 6.61 Å². The molecule has 4 rings (SSSR count). The molecule has 31 heavy (non-hydrogen) atoms. The van der Waals surface area contributed by atoms with Crippen molar-refractivity contribution in [2.24, 2.45) is 0 Å². The Kier molecular flexibility index (Phi) is 6.02. The third-order valence-electron chi connectivity index (χ3n) is 5.16. The summed E-state index contributed by atoms with van der Waals surface area (Å²) in [4.78, 5) is 27.4. The second kappa shape index (κ2) is 9.04. The highest BCUT2D eigenvalue weighted by molar-refractivity contribution is 6.01. The maximum absolute atomic E-state index is 12.1. The molecular formula is C24H23NO6. The SMILES string of the molecule is Cc1oc(-c2ccccc2)nc1COc1cc2c(cc1OCCCC(=O)O)C(=O)CC2. The van der Waals surface area contributed by atoms with E-state index in [-0.39, 0.29) is 25.4 Å². The summed E-state index contributed by atoms with van der Waals surface area (Å²) in [6.45, 7) is 2.24. The van der Waals surface area contributed by atoms with E-state index in [1.54, 1.807) is 6.07 Å². The number of hydrogen-bond acceptors (Lipinski definition) is 6. The molecule has 0 bridgehead atoms. The monoisotopic (exact) mass is 421 g/mol. The van der Waals surface area contributed by atoms with Crippen LogP contribution in [0.3, 0.4) is 0 Å². The summed E-state index contributed by atoms with van der Waals surface area (Å²) in [7, 11) is 0. The molecule has 0 saturated heterocycles. The number of fused-ring (bicyclic) bond motifs is 1. The Hall–Kier alpha value is -3.61. The van der Waals surface area contributed by atoms with E-state index in [9.17, 15) is 9.59 Å². The lowest BCUT2D eigenvalue weighted by Gasteiger charge is -2.14. The lowest BCUT2D eigenvalue weighted by atomic mass is 10.1. The van der Waals surface area contributed by atoms with Crippen LogP contribution in [0.1, 0.15) is 46.6 Å². The van der Waals surface area contributed by atoms with E-state index in [4.69, 9.17) is 19.0 Å². The molecule has 1 heterocycles. The smallest absolute Gasteiger partial charge is 0.303 e. The van der Waals surface area contributed by atoms with E-state index in [1.165, 1.54) is 0 Å². The molecule has 7 nitrogen and oxygen atoms in total. The van der Waals surface area contributed by atoms with Crippen LogP contribution >= 0.6 is 0 Å². The minimum absolute atomic E-state index is 0.0143. The van der Waals surface area contributed by atoms with Crippen molar-refractivity contribution < 1.29 is 28.6 Å². The fraction of sp³-hybridized carbons (Fsp3) is 0.292. The highest BCUT2D eigenvalue weighted by Crippen LogP contribution is 2.36. The van der Waals surface area contributed by atoms with E-state index in [0.29, 0.717) is 53.7 Å². The number of ether oxygens (including phenoxy) is 2. The maximum Gasteiger partial charge on any atom is 0.303 e. The number of aryl methyl sites for hydroxylation is 2.